The van der Waals surface area contributed by atoms with Crippen molar-refractivity contribution in [2.75, 3.05) is 6.61 Å². The van der Waals surface area contributed by atoms with Crippen molar-refractivity contribution in [1.82, 2.24) is 0 Å². The molecule has 1 heterocycles. The first-order valence-corrected chi connectivity index (χ1v) is 7.77. The Hall–Kier alpha value is -2.36. The van der Waals surface area contributed by atoms with Gasteiger partial charge in [0.2, 0.25) is 5.82 Å². The maximum absolute atomic E-state index is 14.4. The normalized spacial score (nSPS) is 11.1. The van der Waals surface area contributed by atoms with Crippen LogP contribution in [0.4, 0.5) is 8.78 Å². The van der Waals surface area contributed by atoms with Crippen molar-refractivity contribution in [3.63, 3.8) is 0 Å². The summed E-state index contributed by atoms with van der Waals surface area (Å²) in [7, 11) is 0. The topological polar surface area (TPSA) is 22.4 Å². The summed E-state index contributed by atoms with van der Waals surface area (Å²) in [5.74, 6) is -1.70. The fourth-order valence-electron chi connectivity index (χ4n) is 2.66. The number of benzene rings is 2. The molecule has 3 aromatic rings. The summed E-state index contributed by atoms with van der Waals surface area (Å²) in [5.41, 5.74) is 1.93. The van der Waals surface area contributed by atoms with E-state index >= 15 is 0 Å². The number of ether oxygens (including phenoxy) is 1. The molecule has 0 unspecified atom stereocenters. The van der Waals surface area contributed by atoms with E-state index in [0.717, 1.165) is 12.8 Å². The van der Waals surface area contributed by atoms with E-state index < -0.39 is 11.6 Å². The van der Waals surface area contributed by atoms with Crippen molar-refractivity contribution < 1.29 is 17.9 Å². The van der Waals surface area contributed by atoms with Gasteiger partial charge in [0, 0.05) is 17.0 Å². The maximum Gasteiger partial charge on any atom is 0.285 e. The third-order valence-corrected chi connectivity index (χ3v) is 3.76. The SMILES string of the molecule is CCCc1ccc(-c2cc3cc(OCC)oc3c(F)c2F)cc1. The average Bonchev–Trinajstić information content (AvgIpc) is 2.95. The van der Waals surface area contributed by atoms with E-state index in [4.69, 9.17) is 9.15 Å². The highest BCUT2D eigenvalue weighted by atomic mass is 19.2. The van der Waals surface area contributed by atoms with Crippen LogP contribution in [0.2, 0.25) is 0 Å². The minimum Gasteiger partial charge on any atom is -0.465 e. The van der Waals surface area contributed by atoms with Gasteiger partial charge in [0.15, 0.2) is 11.4 Å². The number of furan rings is 1. The molecule has 0 amide bonds. The second-order valence-electron chi connectivity index (χ2n) is 5.42. The van der Waals surface area contributed by atoms with E-state index in [1.54, 1.807) is 19.1 Å². The maximum atomic E-state index is 14.4. The molecule has 23 heavy (non-hydrogen) atoms. The third-order valence-electron chi connectivity index (χ3n) is 3.76. The molecule has 2 aromatic carbocycles. The van der Waals surface area contributed by atoms with E-state index in [1.807, 2.05) is 24.3 Å². The molecule has 0 atom stereocenters. The van der Waals surface area contributed by atoms with Crippen LogP contribution in [0.1, 0.15) is 25.8 Å². The van der Waals surface area contributed by atoms with Gasteiger partial charge in [-0.25, -0.2) is 4.39 Å². The van der Waals surface area contributed by atoms with Gasteiger partial charge in [-0.15, -0.1) is 0 Å². The minimum atomic E-state index is -0.985. The molecule has 0 fully saturated rings. The Kier molecular flexibility index (Phi) is 4.33. The average molecular weight is 316 g/mol. The van der Waals surface area contributed by atoms with Crippen LogP contribution in [-0.2, 0) is 6.42 Å². The Bertz CT molecular complexity index is 819. The van der Waals surface area contributed by atoms with Gasteiger partial charge >= 0.3 is 0 Å². The number of aryl methyl sites for hydroxylation is 1. The van der Waals surface area contributed by atoms with Crippen molar-refractivity contribution in [3.05, 3.63) is 53.6 Å². The predicted molar refractivity (Wildman–Crippen MR) is 86.7 cm³/mol. The molecule has 0 N–H and O–H groups in total. The van der Waals surface area contributed by atoms with Crippen LogP contribution >= 0.6 is 0 Å². The molecule has 0 saturated carbocycles. The molecule has 1 aromatic heterocycles. The van der Waals surface area contributed by atoms with Crippen molar-refractivity contribution in [3.8, 4) is 17.1 Å². The summed E-state index contributed by atoms with van der Waals surface area (Å²) < 4.78 is 39.1. The summed E-state index contributed by atoms with van der Waals surface area (Å²) >= 11 is 0. The van der Waals surface area contributed by atoms with Crippen molar-refractivity contribution in [2.45, 2.75) is 26.7 Å². The van der Waals surface area contributed by atoms with Crippen LogP contribution in [-0.4, -0.2) is 6.61 Å². The first kappa shape index (κ1) is 15.5. The van der Waals surface area contributed by atoms with Gasteiger partial charge in [-0.1, -0.05) is 37.6 Å². The van der Waals surface area contributed by atoms with E-state index in [-0.39, 0.29) is 17.1 Å². The molecule has 0 bridgehead atoms. The summed E-state index contributed by atoms with van der Waals surface area (Å²) in [4.78, 5) is 0. The Balaban J connectivity index is 2.07. The second kappa shape index (κ2) is 6.41. The summed E-state index contributed by atoms with van der Waals surface area (Å²) in [6, 6.07) is 10.7. The van der Waals surface area contributed by atoms with Gasteiger partial charge in [0.05, 0.1) is 6.61 Å². The molecule has 120 valence electrons. The number of hydrogen-bond acceptors (Lipinski definition) is 2. The molecule has 2 nitrogen and oxygen atoms in total. The molecule has 0 aliphatic heterocycles. The van der Waals surface area contributed by atoms with E-state index in [2.05, 4.69) is 6.92 Å². The van der Waals surface area contributed by atoms with Gasteiger partial charge < -0.3 is 9.15 Å². The monoisotopic (exact) mass is 316 g/mol. The first-order chi connectivity index (χ1) is 11.1. The van der Waals surface area contributed by atoms with Gasteiger partial charge in [0.25, 0.3) is 5.95 Å². The van der Waals surface area contributed by atoms with Crippen LogP contribution < -0.4 is 4.74 Å². The van der Waals surface area contributed by atoms with Gasteiger partial charge in [-0.2, -0.15) is 4.39 Å². The minimum absolute atomic E-state index is 0.114. The van der Waals surface area contributed by atoms with Crippen molar-refractivity contribution in [1.29, 1.82) is 0 Å². The molecule has 4 heteroatoms. The highest BCUT2D eigenvalue weighted by Gasteiger charge is 2.19. The standard InChI is InChI=1S/C19H18F2O2/c1-3-5-12-6-8-13(9-7-12)15-10-14-11-16(22-4-2)23-19(14)18(21)17(15)20/h6-11H,3-5H2,1-2H3. The highest BCUT2D eigenvalue weighted by Crippen LogP contribution is 2.34. The molecule has 3 rings (SSSR count). The lowest BCUT2D eigenvalue weighted by atomic mass is 10.0. The second-order valence-corrected chi connectivity index (χ2v) is 5.42. The van der Waals surface area contributed by atoms with E-state index in [9.17, 15) is 8.78 Å². The smallest absolute Gasteiger partial charge is 0.285 e. The van der Waals surface area contributed by atoms with Crippen LogP contribution in [0.3, 0.4) is 0 Å². The lowest BCUT2D eigenvalue weighted by Crippen LogP contribution is -1.91. The van der Waals surface area contributed by atoms with Crippen LogP contribution in [0.5, 0.6) is 5.95 Å². The summed E-state index contributed by atoms with van der Waals surface area (Å²) in [5, 5.41) is 0.486. The predicted octanol–water partition coefficient (Wildman–Crippen LogP) is 5.73. The van der Waals surface area contributed by atoms with E-state index in [1.165, 1.54) is 5.56 Å². The number of hydrogen-bond donors (Lipinski definition) is 0. The fraction of sp³-hybridized carbons (Fsp3) is 0.263. The van der Waals surface area contributed by atoms with E-state index in [0.29, 0.717) is 17.6 Å². The molecule has 0 aliphatic rings. The Morgan fingerprint density at radius 2 is 1.74 bits per heavy atom. The summed E-state index contributed by atoms with van der Waals surface area (Å²) in [6.45, 7) is 4.30. The quantitative estimate of drug-likeness (QED) is 0.600. The number of fused-ring (bicyclic) bond motifs is 1. The van der Waals surface area contributed by atoms with Crippen LogP contribution in [0, 0.1) is 11.6 Å². The summed E-state index contributed by atoms with van der Waals surface area (Å²) in [6.07, 6.45) is 2.01. The zero-order valence-corrected chi connectivity index (χ0v) is 13.2. The number of halogens is 2. The van der Waals surface area contributed by atoms with Gasteiger partial charge in [-0.05, 0) is 30.5 Å². The Labute approximate surface area is 133 Å². The molecular formula is C19H18F2O2. The molecular weight excluding hydrogens is 298 g/mol. The van der Waals surface area contributed by atoms with Crippen LogP contribution in [0.25, 0.3) is 22.1 Å². The number of rotatable bonds is 5. The molecule has 0 saturated heterocycles. The zero-order valence-electron chi connectivity index (χ0n) is 13.2. The fourth-order valence-corrected chi connectivity index (χ4v) is 2.66. The lowest BCUT2D eigenvalue weighted by Gasteiger charge is -2.06. The van der Waals surface area contributed by atoms with Crippen molar-refractivity contribution in [2.24, 2.45) is 0 Å². The zero-order chi connectivity index (χ0) is 16.4. The molecule has 0 aliphatic carbocycles. The largest absolute Gasteiger partial charge is 0.465 e. The Morgan fingerprint density at radius 3 is 2.39 bits per heavy atom. The van der Waals surface area contributed by atoms with Crippen molar-refractivity contribution >= 4 is 11.0 Å². The first-order valence-electron chi connectivity index (χ1n) is 7.77. The van der Waals surface area contributed by atoms with Gasteiger partial charge in [0.1, 0.15) is 0 Å². The Morgan fingerprint density at radius 1 is 1.00 bits per heavy atom. The van der Waals surface area contributed by atoms with Crippen LogP contribution in [0.15, 0.2) is 40.8 Å². The molecule has 0 radical (unpaired) electrons. The van der Waals surface area contributed by atoms with Gasteiger partial charge in [-0.3, -0.25) is 0 Å². The molecule has 0 spiro atoms. The third kappa shape index (κ3) is 2.93. The highest BCUT2D eigenvalue weighted by molar-refractivity contribution is 5.85. The lowest BCUT2D eigenvalue weighted by molar-refractivity contribution is 0.263.